The Morgan fingerprint density at radius 1 is 0.359 bits per heavy atom. The van der Waals surface area contributed by atoms with Crippen LogP contribution in [0.1, 0.15) is 47.1 Å². The smallest absolute Gasteiger partial charge is 0.0645 e. The maximum absolute atomic E-state index is 9.26. The Balaban J connectivity index is 1.10. The molecule has 0 saturated heterocycles. The second-order valence-corrected chi connectivity index (χ2v) is 17.3. The molecule has 13 rings (SSSR count). The zero-order valence-electron chi connectivity index (χ0n) is 46.2. The SMILES string of the molecule is [2H]c1c([2H])c([2H])c(N(c2cc(C)c(C)c(C)c2)c2cccc3c2c2cccc4c5cc6c(cc5n3c42)c2cccc3c4c(N(c5cc(C)c(C)c(C)c5)c5c([2H])c([2H])c([2H])c([2H])c5[2H])cccc4n6c23)c([2H])c1[2H]. The van der Waals surface area contributed by atoms with Crippen molar-refractivity contribution in [3.05, 3.63) is 203 Å². The van der Waals surface area contributed by atoms with Gasteiger partial charge in [0, 0.05) is 65.8 Å². The molecule has 0 radical (unpaired) electrons. The lowest BCUT2D eigenvalue weighted by Gasteiger charge is -2.27. The Kier molecular flexibility index (Phi) is 5.83. The van der Waals surface area contributed by atoms with Gasteiger partial charge in [0.2, 0.25) is 0 Å². The van der Waals surface area contributed by atoms with Gasteiger partial charge in [0.15, 0.2) is 0 Å². The van der Waals surface area contributed by atoms with Crippen LogP contribution in [0, 0.1) is 41.5 Å². The van der Waals surface area contributed by atoms with Gasteiger partial charge in [-0.05, 0) is 160 Å². The number of benzene rings is 9. The number of nitrogens with zero attached hydrogens (tertiary/aromatic N) is 4. The summed E-state index contributed by atoms with van der Waals surface area (Å²) in [5, 5.41) is 7.80. The van der Waals surface area contributed by atoms with Crippen molar-refractivity contribution in [3.63, 3.8) is 0 Å². The first kappa shape index (κ1) is 28.0. The average molecular weight is 833 g/mol. The summed E-state index contributed by atoms with van der Waals surface area (Å²) in [6.45, 7) is 12.2. The Morgan fingerprint density at radius 2 is 0.719 bits per heavy atom. The molecule has 4 aromatic heterocycles. The van der Waals surface area contributed by atoms with E-state index in [0.29, 0.717) is 22.7 Å². The Bertz CT molecular complexity index is 4250. The molecule has 0 atom stereocenters. The highest BCUT2D eigenvalue weighted by Gasteiger charge is 2.27. The molecular formula is C60H46N4. The molecule has 0 aliphatic rings. The fourth-order valence-corrected chi connectivity index (χ4v) is 10.7. The third kappa shape index (κ3) is 4.94. The number of aromatic nitrogens is 2. The minimum absolute atomic E-state index is 0.0735. The molecule has 0 bridgehead atoms. The van der Waals surface area contributed by atoms with Crippen LogP contribution in [0.3, 0.4) is 0 Å². The predicted molar refractivity (Wildman–Crippen MR) is 274 cm³/mol. The van der Waals surface area contributed by atoms with Crippen LogP contribution in [0.5, 0.6) is 0 Å². The van der Waals surface area contributed by atoms with Crippen LogP contribution in [0.4, 0.5) is 34.1 Å². The largest absolute Gasteiger partial charge is 0.310 e. The van der Waals surface area contributed by atoms with E-state index in [9.17, 15) is 5.48 Å². The first-order valence-electron chi connectivity index (χ1n) is 26.6. The number of fused-ring (bicyclic) bond motifs is 12. The average Bonchev–Trinajstić information content (AvgIpc) is 4.13. The van der Waals surface area contributed by atoms with Gasteiger partial charge in [0.25, 0.3) is 0 Å². The van der Waals surface area contributed by atoms with Crippen molar-refractivity contribution >= 4 is 110 Å². The number of aryl methyl sites for hydroxylation is 4. The van der Waals surface area contributed by atoms with Crippen LogP contribution in [0.2, 0.25) is 0 Å². The lowest BCUT2D eigenvalue weighted by atomic mass is 10.0. The van der Waals surface area contributed by atoms with E-state index in [1.54, 1.807) is 0 Å². The van der Waals surface area contributed by atoms with Crippen LogP contribution in [0.25, 0.3) is 76.2 Å². The van der Waals surface area contributed by atoms with E-state index in [1.807, 2.05) is 86.0 Å². The van der Waals surface area contributed by atoms with Gasteiger partial charge in [0.05, 0.1) is 58.2 Å². The first-order valence-corrected chi connectivity index (χ1v) is 21.6. The van der Waals surface area contributed by atoms with Gasteiger partial charge in [-0.2, -0.15) is 0 Å². The maximum atomic E-state index is 9.26. The normalized spacial score (nSPS) is 14.4. The van der Waals surface area contributed by atoms with Crippen molar-refractivity contribution in [3.8, 4) is 0 Å². The van der Waals surface area contributed by atoms with Crippen LogP contribution in [-0.4, -0.2) is 8.80 Å². The molecule has 0 aliphatic carbocycles. The molecule has 0 aliphatic heterocycles. The molecule has 0 spiro atoms. The minimum Gasteiger partial charge on any atom is -0.310 e. The first-order chi connectivity index (χ1) is 35.4. The van der Waals surface area contributed by atoms with Crippen LogP contribution < -0.4 is 9.80 Å². The molecule has 64 heavy (non-hydrogen) atoms. The molecule has 13 aromatic rings. The lowest BCUT2D eigenvalue weighted by Crippen LogP contribution is -2.11. The highest BCUT2D eigenvalue weighted by Crippen LogP contribution is 2.50. The Hall–Kier alpha value is -7.82. The zero-order chi connectivity index (χ0) is 51.8. The topological polar surface area (TPSA) is 15.3 Å². The summed E-state index contributed by atoms with van der Waals surface area (Å²) in [6.07, 6.45) is 0. The monoisotopic (exact) mass is 832 g/mol. The van der Waals surface area contributed by atoms with E-state index in [4.69, 9.17) is 8.22 Å². The van der Waals surface area contributed by atoms with E-state index < -0.39 is 36.3 Å². The van der Waals surface area contributed by atoms with Gasteiger partial charge in [-0.25, -0.2) is 0 Å². The highest BCUT2D eigenvalue weighted by atomic mass is 15.2. The van der Waals surface area contributed by atoms with Gasteiger partial charge >= 0.3 is 0 Å². The van der Waals surface area contributed by atoms with Crippen molar-refractivity contribution in [1.29, 1.82) is 0 Å². The standard InChI is InChI=1S/C60H46N4/c1-35-29-43(30-36(2)39(35)5)61(41-17-9-7-10-18-41)51-25-15-27-53-57(51)47-23-13-21-45-49-34-56-50(33-55(49)63(53)59(45)47)46-22-14-24-48-58-52(26-16-28-54(58)64(56)60(46)48)62(42-19-11-8-12-20-42)44-31-37(3)40(6)38(4)32-44/h7-34H,1-6H3/i7D,8D,9D,10D,11D,12D,17D,18D,19D,20D. The molecule has 0 unspecified atom stereocenters. The molecule has 4 heterocycles. The van der Waals surface area contributed by atoms with Gasteiger partial charge in [0.1, 0.15) is 0 Å². The van der Waals surface area contributed by atoms with Gasteiger partial charge in [-0.15, -0.1) is 0 Å². The summed E-state index contributed by atoms with van der Waals surface area (Å²) in [4.78, 5) is 3.69. The van der Waals surface area contributed by atoms with Crippen molar-refractivity contribution in [2.45, 2.75) is 41.5 Å². The summed E-state index contributed by atoms with van der Waals surface area (Å²) in [6, 6.07) is 33.7. The fourth-order valence-electron chi connectivity index (χ4n) is 10.7. The molecule has 4 heteroatoms. The number of anilines is 6. The summed E-state index contributed by atoms with van der Waals surface area (Å²) in [5.74, 6) is 0. The number of rotatable bonds is 6. The molecule has 4 nitrogen and oxygen atoms in total. The second-order valence-electron chi connectivity index (χ2n) is 17.3. The lowest BCUT2D eigenvalue weighted by molar-refractivity contribution is 1.22. The fraction of sp³-hybridized carbons (Fsp3) is 0.100. The van der Waals surface area contributed by atoms with Crippen LogP contribution in [-0.2, 0) is 0 Å². The third-order valence-corrected chi connectivity index (χ3v) is 14.0. The van der Waals surface area contributed by atoms with Crippen LogP contribution in [0.15, 0.2) is 170 Å². The van der Waals surface area contributed by atoms with Crippen molar-refractivity contribution in [1.82, 2.24) is 8.80 Å². The number of hydrogen-bond donors (Lipinski definition) is 0. The van der Waals surface area contributed by atoms with Gasteiger partial charge in [-0.3, -0.25) is 0 Å². The van der Waals surface area contributed by atoms with E-state index in [-0.39, 0.29) is 35.5 Å². The van der Waals surface area contributed by atoms with Crippen LogP contribution >= 0.6 is 0 Å². The highest BCUT2D eigenvalue weighted by molar-refractivity contribution is 6.31. The third-order valence-electron chi connectivity index (χ3n) is 14.0. The van der Waals surface area contributed by atoms with Gasteiger partial charge in [-0.1, -0.05) is 84.8 Å². The van der Waals surface area contributed by atoms with Crippen molar-refractivity contribution in [2.75, 3.05) is 9.80 Å². The maximum Gasteiger partial charge on any atom is 0.0645 e. The quantitative estimate of drug-likeness (QED) is 0.166. The summed E-state index contributed by atoms with van der Waals surface area (Å²) in [5.41, 5.74) is 15.0. The van der Waals surface area contributed by atoms with E-state index in [0.717, 1.165) is 110 Å². The molecule has 0 saturated carbocycles. The zero-order valence-corrected chi connectivity index (χ0v) is 36.2. The Labute approximate surface area is 386 Å². The summed E-state index contributed by atoms with van der Waals surface area (Å²) >= 11 is 0. The molecular weight excluding hydrogens is 777 g/mol. The molecule has 0 fully saturated rings. The van der Waals surface area contributed by atoms with Gasteiger partial charge < -0.3 is 18.6 Å². The Morgan fingerprint density at radius 3 is 1.11 bits per heavy atom. The van der Waals surface area contributed by atoms with Crippen molar-refractivity contribution in [2.24, 2.45) is 0 Å². The summed E-state index contributed by atoms with van der Waals surface area (Å²) in [7, 11) is 0. The summed E-state index contributed by atoms with van der Waals surface area (Å²) < 4.78 is 93.6. The van der Waals surface area contributed by atoms with Crippen molar-refractivity contribution < 1.29 is 13.7 Å². The molecule has 9 aromatic carbocycles. The van der Waals surface area contributed by atoms with E-state index >= 15 is 0 Å². The number of hydrogen-bond acceptors (Lipinski definition) is 2. The molecule has 0 N–H and O–H groups in total. The van der Waals surface area contributed by atoms with E-state index in [2.05, 4.69) is 83.3 Å². The second kappa shape index (κ2) is 13.3. The molecule has 0 amide bonds. The predicted octanol–water partition coefficient (Wildman–Crippen LogP) is 16.8. The minimum atomic E-state index is -0.448. The van der Waals surface area contributed by atoms with E-state index in [1.165, 1.54) is 0 Å². The molecule has 306 valence electrons. The number of para-hydroxylation sites is 4.